The molecule has 2 aliphatic rings. The van der Waals surface area contributed by atoms with Gasteiger partial charge in [0.2, 0.25) is 0 Å². The lowest BCUT2D eigenvalue weighted by atomic mass is 9.81. The van der Waals surface area contributed by atoms with Crippen molar-refractivity contribution < 1.29 is 18.6 Å². The Balaban J connectivity index is 1.18. The van der Waals surface area contributed by atoms with Crippen molar-refractivity contribution in [3.05, 3.63) is 106 Å². The molecule has 6 nitrogen and oxygen atoms in total. The molecule has 0 spiro atoms. The van der Waals surface area contributed by atoms with Crippen LogP contribution in [-0.2, 0) is 25.7 Å². The Bertz CT molecular complexity index is 1250. The molecule has 2 aromatic heterocycles. The average molecular weight is 453 g/mol. The number of ketones is 2. The molecule has 0 N–H and O–H groups in total. The van der Waals surface area contributed by atoms with Crippen molar-refractivity contribution in [3.8, 4) is 0 Å². The van der Waals surface area contributed by atoms with E-state index in [1.165, 1.54) is 0 Å². The van der Waals surface area contributed by atoms with E-state index in [0.29, 0.717) is 72.6 Å². The first-order valence-electron chi connectivity index (χ1n) is 11.8. The number of hydrogen-bond acceptors (Lipinski definition) is 6. The van der Waals surface area contributed by atoms with Gasteiger partial charge in [-0.1, -0.05) is 71.0 Å². The lowest BCUT2D eigenvalue weighted by molar-refractivity contribution is 0.0950. The normalized spacial score (nSPS) is 19.6. The zero-order valence-electron chi connectivity index (χ0n) is 18.7. The highest BCUT2D eigenvalue weighted by molar-refractivity contribution is 6.00. The molecule has 0 amide bonds. The Kier molecular flexibility index (Phi) is 5.21. The first-order chi connectivity index (χ1) is 16.7. The standard InChI is InChI=1S/C28H24N2O4/c31-23-13-19(17-7-3-1-4-8-17)15-25-27(23)21(29-33-25)11-12-22-28-24(32)14-20(16-26(28)34-30-22)18-9-5-2-6-10-18/h1-10,19-20H,11-16H2. The van der Waals surface area contributed by atoms with Crippen LogP contribution in [0.4, 0.5) is 0 Å². The fourth-order valence-corrected chi connectivity index (χ4v) is 5.38. The van der Waals surface area contributed by atoms with Crippen molar-refractivity contribution in [2.24, 2.45) is 0 Å². The van der Waals surface area contributed by atoms with Crippen molar-refractivity contribution in [2.45, 2.75) is 50.4 Å². The van der Waals surface area contributed by atoms with Gasteiger partial charge in [-0.3, -0.25) is 9.59 Å². The van der Waals surface area contributed by atoms with Crippen molar-refractivity contribution in [1.82, 2.24) is 10.3 Å². The predicted molar refractivity (Wildman–Crippen MR) is 124 cm³/mol. The van der Waals surface area contributed by atoms with Gasteiger partial charge >= 0.3 is 0 Å². The topological polar surface area (TPSA) is 86.2 Å². The van der Waals surface area contributed by atoms with Gasteiger partial charge in [0.1, 0.15) is 11.5 Å². The molecule has 2 aliphatic carbocycles. The van der Waals surface area contributed by atoms with E-state index in [9.17, 15) is 9.59 Å². The molecule has 2 aromatic carbocycles. The van der Waals surface area contributed by atoms with Gasteiger partial charge in [0, 0.05) is 25.7 Å². The number of carbonyl (C=O) groups excluding carboxylic acids is 2. The van der Waals surface area contributed by atoms with E-state index in [1.54, 1.807) is 0 Å². The molecule has 4 aromatic rings. The van der Waals surface area contributed by atoms with Gasteiger partial charge in [-0.25, -0.2) is 0 Å². The second kappa shape index (κ2) is 8.52. The van der Waals surface area contributed by atoms with E-state index in [0.717, 1.165) is 11.1 Å². The molecule has 0 fully saturated rings. The van der Waals surface area contributed by atoms with E-state index in [4.69, 9.17) is 9.05 Å². The molecule has 170 valence electrons. The van der Waals surface area contributed by atoms with E-state index in [1.807, 2.05) is 60.7 Å². The SMILES string of the molecule is O=C1CC(c2ccccc2)Cc2onc(CCc3noc4c3C(=O)CC(c3ccccc3)C4)c21. The quantitative estimate of drug-likeness (QED) is 0.410. The molecule has 34 heavy (non-hydrogen) atoms. The summed E-state index contributed by atoms with van der Waals surface area (Å²) in [5, 5.41) is 8.44. The highest BCUT2D eigenvalue weighted by Crippen LogP contribution is 2.36. The Morgan fingerprint density at radius 3 is 1.44 bits per heavy atom. The third-order valence-electron chi connectivity index (χ3n) is 7.09. The summed E-state index contributed by atoms with van der Waals surface area (Å²) >= 11 is 0. The fourth-order valence-electron chi connectivity index (χ4n) is 5.38. The summed E-state index contributed by atoms with van der Waals surface area (Å²) in [5.41, 5.74) is 4.80. The molecule has 2 unspecified atom stereocenters. The average Bonchev–Trinajstić information content (AvgIpc) is 3.48. The van der Waals surface area contributed by atoms with Gasteiger partial charge in [-0.05, 0) is 35.8 Å². The van der Waals surface area contributed by atoms with Crippen LogP contribution in [0.3, 0.4) is 0 Å². The van der Waals surface area contributed by atoms with Gasteiger partial charge in [0.15, 0.2) is 11.6 Å². The molecular formula is C28H24N2O4. The van der Waals surface area contributed by atoms with Gasteiger partial charge in [0.25, 0.3) is 0 Å². The van der Waals surface area contributed by atoms with Crippen molar-refractivity contribution in [1.29, 1.82) is 0 Å². The van der Waals surface area contributed by atoms with Crippen LogP contribution in [0.2, 0.25) is 0 Å². The summed E-state index contributed by atoms with van der Waals surface area (Å²) in [5.74, 6) is 1.67. The molecular weight excluding hydrogens is 428 g/mol. The fraction of sp³-hybridized carbons (Fsp3) is 0.286. The van der Waals surface area contributed by atoms with Crippen LogP contribution >= 0.6 is 0 Å². The van der Waals surface area contributed by atoms with Crippen LogP contribution in [-0.4, -0.2) is 21.9 Å². The zero-order chi connectivity index (χ0) is 23.1. The van der Waals surface area contributed by atoms with Crippen molar-refractivity contribution >= 4 is 11.6 Å². The Morgan fingerprint density at radius 2 is 1.03 bits per heavy atom. The molecule has 0 saturated carbocycles. The number of nitrogens with zero attached hydrogens (tertiary/aromatic N) is 2. The molecule has 0 saturated heterocycles. The first-order valence-corrected chi connectivity index (χ1v) is 11.8. The highest BCUT2D eigenvalue weighted by atomic mass is 16.5. The van der Waals surface area contributed by atoms with Gasteiger partial charge in [-0.15, -0.1) is 0 Å². The molecule has 0 bridgehead atoms. The molecule has 6 heteroatoms. The third kappa shape index (κ3) is 3.69. The molecule has 6 rings (SSSR count). The molecule has 2 atom stereocenters. The van der Waals surface area contributed by atoms with Crippen LogP contribution in [0.1, 0.15) is 79.4 Å². The minimum atomic E-state index is 0.0651. The van der Waals surface area contributed by atoms with Crippen LogP contribution in [0.25, 0.3) is 0 Å². The monoisotopic (exact) mass is 452 g/mol. The van der Waals surface area contributed by atoms with E-state index < -0.39 is 0 Å². The zero-order valence-corrected chi connectivity index (χ0v) is 18.7. The number of aromatic nitrogens is 2. The van der Waals surface area contributed by atoms with Gasteiger partial charge in [0.05, 0.1) is 22.5 Å². The minimum Gasteiger partial charge on any atom is -0.360 e. The predicted octanol–water partition coefficient (Wildman–Crippen LogP) is 5.27. The number of hydrogen-bond donors (Lipinski definition) is 0. The number of carbonyl (C=O) groups is 2. The summed E-state index contributed by atoms with van der Waals surface area (Å²) in [6.45, 7) is 0. The number of fused-ring (bicyclic) bond motifs is 2. The second-order valence-electron chi connectivity index (χ2n) is 9.23. The summed E-state index contributed by atoms with van der Waals surface area (Å²) in [6, 6.07) is 20.1. The molecule has 2 heterocycles. The lowest BCUT2D eigenvalue weighted by Gasteiger charge is -2.20. The largest absolute Gasteiger partial charge is 0.360 e. The maximum Gasteiger partial charge on any atom is 0.168 e. The minimum absolute atomic E-state index is 0.0651. The molecule has 0 radical (unpaired) electrons. The van der Waals surface area contributed by atoms with E-state index in [-0.39, 0.29) is 23.4 Å². The van der Waals surface area contributed by atoms with Crippen LogP contribution in [0, 0.1) is 0 Å². The second-order valence-corrected chi connectivity index (χ2v) is 9.23. The summed E-state index contributed by atoms with van der Waals surface area (Å²) in [7, 11) is 0. The number of Topliss-reactive ketones (excluding diaryl/α,β-unsaturated/α-hetero) is 2. The van der Waals surface area contributed by atoms with E-state index >= 15 is 0 Å². The maximum absolute atomic E-state index is 13.0. The number of aryl methyl sites for hydroxylation is 2. The maximum atomic E-state index is 13.0. The molecule has 0 aliphatic heterocycles. The lowest BCUT2D eigenvalue weighted by Crippen LogP contribution is -2.19. The smallest absolute Gasteiger partial charge is 0.168 e. The third-order valence-corrected chi connectivity index (χ3v) is 7.09. The van der Waals surface area contributed by atoms with Crippen LogP contribution in [0.5, 0.6) is 0 Å². The Morgan fingerprint density at radius 1 is 0.618 bits per heavy atom. The van der Waals surface area contributed by atoms with Crippen molar-refractivity contribution in [3.63, 3.8) is 0 Å². The van der Waals surface area contributed by atoms with Crippen LogP contribution < -0.4 is 0 Å². The number of benzene rings is 2. The Labute approximate surface area is 196 Å². The first kappa shape index (κ1) is 20.8. The Hall–Kier alpha value is -3.80. The summed E-state index contributed by atoms with van der Waals surface area (Å²) < 4.78 is 11.2. The van der Waals surface area contributed by atoms with Gasteiger partial charge in [-0.2, -0.15) is 0 Å². The summed E-state index contributed by atoms with van der Waals surface area (Å²) in [4.78, 5) is 26.0. The van der Waals surface area contributed by atoms with Crippen LogP contribution in [0.15, 0.2) is 69.7 Å². The number of rotatable bonds is 5. The van der Waals surface area contributed by atoms with E-state index in [2.05, 4.69) is 10.3 Å². The summed E-state index contributed by atoms with van der Waals surface area (Å²) in [6.07, 6.45) is 3.19. The highest BCUT2D eigenvalue weighted by Gasteiger charge is 2.35. The van der Waals surface area contributed by atoms with Crippen molar-refractivity contribution in [2.75, 3.05) is 0 Å². The van der Waals surface area contributed by atoms with Gasteiger partial charge < -0.3 is 9.05 Å².